The summed E-state index contributed by atoms with van der Waals surface area (Å²) in [7, 11) is 0. The van der Waals surface area contributed by atoms with Crippen molar-refractivity contribution in [1.29, 1.82) is 0 Å². The first-order valence-electron chi connectivity index (χ1n) is 7.74. The molecule has 0 aliphatic heterocycles. The van der Waals surface area contributed by atoms with Gasteiger partial charge in [-0.25, -0.2) is 0 Å². The van der Waals surface area contributed by atoms with Crippen LogP contribution in [0.5, 0.6) is 5.75 Å². The number of rotatable bonds is 9. The largest absolute Gasteiger partial charge is 0.484 e. The lowest BCUT2D eigenvalue weighted by molar-refractivity contribution is -0.139. The Hall–Kier alpha value is -2.13. The van der Waals surface area contributed by atoms with E-state index in [0.29, 0.717) is 21.8 Å². The van der Waals surface area contributed by atoms with Crippen LogP contribution in [0.25, 0.3) is 0 Å². The minimum atomic E-state index is -0.319. The Morgan fingerprint density at radius 3 is 2.88 bits per heavy atom. The molecule has 1 N–H and O–H groups in total. The molecule has 1 amide bonds. The van der Waals surface area contributed by atoms with Crippen molar-refractivity contribution < 1.29 is 19.1 Å². The maximum absolute atomic E-state index is 11.9. The Balaban J connectivity index is 1.77. The molecule has 1 aromatic heterocycles. The fourth-order valence-electron chi connectivity index (χ4n) is 1.80. The van der Waals surface area contributed by atoms with Crippen molar-refractivity contribution in [2.75, 3.05) is 24.3 Å². The molecular formula is C16H19N3O4S2. The number of anilines is 1. The molecule has 7 nitrogen and oxygen atoms in total. The Bertz CT molecular complexity index is 721. The van der Waals surface area contributed by atoms with Gasteiger partial charge in [-0.1, -0.05) is 42.2 Å². The van der Waals surface area contributed by atoms with Gasteiger partial charge >= 0.3 is 5.97 Å². The van der Waals surface area contributed by atoms with E-state index in [-0.39, 0.29) is 24.2 Å². The highest BCUT2D eigenvalue weighted by Gasteiger charge is 2.11. The minimum absolute atomic E-state index is 0.113. The van der Waals surface area contributed by atoms with E-state index in [0.717, 1.165) is 12.0 Å². The number of hydrogen-bond acceptors (Lipinski definition) is 8. The van der Waals surface area contributed by atoms with E-state index in [2.05, 4.69) is 22.4 Å². The predicted molar refractivity (Wildman–Crippen MR) is 97.2 cm³/mol. The second-order valence-corrected chi connectivity index (χ2v) is 7.00. The van der Waals surface area contributed by atoms with Crippen molar-refractivity contribution in [2.45, 2.75) is 24.6 Å². The maximum Gasteiger partial charge on any atom is 0.316 e. The number of hydrogen-bond donors (Lipinski definition) is 1. The van der Waals surface area contributed by atoms with Crippen LogP contribution in [0.3, 0.4) is 0 Å². The van der Waals surface area contributed by atoms with Gasteiger partial charge in [0.05, 0.1) is 12.4 Å². The van der Waals surface area contributed by atoms with E-state index in [1.54, 1.807) is 6.92 Å². The molecule has 0 spiro atoms. The molecule has 0 fully saturated rings. The first-order chi connectivity index (χ1) is 12.1. The van der Waals surface area contributed by atoms with E-state index in [4.69, 9.17) is 9.47 Å². The molecule has 0 saturated heterocycles. The molecule has 0 radical (unpaired) electrons. The summed E-state index contributed by atoms with van der Waals surface area (Å²) in [5.41, 5.74) is 1.14. The maximum atomic E-state index is 11.9. The van der Waals surface area contributed by atoms with Crippen molar-refractivity contribution in [3.05, 3.63) is 29.8 Å². The van der Waals surface area contributed by atoms with Crippen molar-refractivity contribution in [1.82, 2.24) is 10.2 Å². The molecule has 0 atom stereocenters. The number of nitrogens with zero attached hydrogens (tertiary/aromatic N) is 2. The summed E-state index contributed by atoms with van der Waals surface area (Å²) in [6, 6.07) is 7.61. The Labute approximate surface area is 154 Å². The van der Waals surface area contributed by atoms with Crippen molar-refractivity contribution in [3.8, 4) is 5.75 Å². The standard InChI is InChI=1S/C16H19N3O4S2/c1-3-11-6-5-7-12(8-11)23-9-13(20)17-15-18-19-16(25-15)24-10-14(21)22-4-2/h5-8H,3-4,9-10H2,1-2H3,(H,17,18,20). The first kappa shape index (κ1) is 19.2. The second kappa shape index (κ2) is 10.00. The molecular weight excluding hydrogens is 362 g/mol. The van der Waals surface area contributed by atoms with Crippen LogP contribution in [0.15, 0.2) is 28.6 Å². The van der Waals surface area contributed by atoms with E-state index in [1.165, 1.54) is 23.1 Å². The summed E-state index contributed by atoms with van der Waals surface area (Å²) in [6.07, 6.45) is 0.903. The zero-order valence-corrected chi connectivity index (χ0v) is 15.6. The SMILES string of the molecule is CCOC(=O)CSc1nnc(NC(=O)COc2cccc(CC)c2)s1. The average Bonchev–Trinajstić information content (AvgIpc) is 3.06. The van der Waals surface area contributed by atoms with Crippen molar-refractivity contribution in [2.24, 2.45) is 0 Å². The van der Waals surface area contributed by atoms with Crippen LogP contribution in [0, 0.1) is 0 Å². The van der Waals surface area contributed by atoms with Crippen LogP contribution in [0.2, 0.25) is 0 Å². The lowest BCUT2D eigenvalue weighted by atomic mass is 10.2. The van der Waals surface area contributed by atoms with Crippen molar-refractivity contribution >= 4 is 40.1 Å². The summed E-state index contributed by atoms with van der Waals surface area (Å²) >= 11 is 2.41. The molecule has 0 unspecified atom stereocenters. The van der Waals surface area contributed by atoms with Gasteiger partial charge in [0.1, 0.15) is 5.75 Å². The molecule has 9 heteroatoms. The summed E-state index contributed by atoms with van der Waals surface area (Å²) in [6.45, 7) is 4.04. The average molecular weight is 381 g/mol. The first-order valence-corrected chi connectivity index (χ1v) is 9.54. The van der Waals surface area contributed by atoms with Gasteiger partial charge in [-0.2, -0.15) is 0 Å². The molecule has 0 aliphatic rings. The van der Waals surface area contributed by atoms with Crippen LogP contribution in [0.4, 0.5) is 5.13 Å². The van der Waals surface area contributed by atoms with Gasteiger partial charge in [0.2, 0.25) is 5.13 Å². The topological polar surface area (TPSA) is 90.4 Å². The van der Waals surface area contributed by atoms with Crippen LogP contribution in [-0.2, 0) is 20.7 Å². The van der Waals surface area contributed by atoms with Gasteiger partial charge in [-0.3, -0.25) is 14.9 Å². The number of aromatic nitrogens is 2. The molecule has 25 heavy (non-hydrogen) atoms. The van der Waals surface area contributed by atoms with E-state index in [9.17, 15) is 9.59 Å². The molecule has 0 bridgehead atoms. The molecule has 1 aromatic carbocycles. The van der Waals surface area contributed by atoms with Gasteiger partial charge in [0, 0.05) is 0 Å². The van der Waals surface area contributed by atoms with Gasteiger partial charge in [-0.15, -0.1) is 10.2 Å². The zero-order chi connectivity index (χ0) is 18.1. The van der Waals surface area contributed by atoms with Gasteiger partial charge in [0.25, 0.3) is 5.91 Å². The second-order valence-electron chi connectivity index (χ2n) is 4.80. The smallest absolute Gasteiger partial charge is 0.316 e. The number of benzene rings is 1. The van der Waals surface area contributed by atoms with E-state index >= 15 is 0 Å². The number of carbonyl (C=O) groups excluding carboxylic acids is 2. The van der Waals surface area contributed by atoms with Gasteiger partial charge < -0.3 is 9.47 Å². The summed E-state index contributed by atoms with van der Waals surface area (Å²) < 4.78 is 10.9. The number of aryl methyl sites for hydroxylation is 1. The van der Waals surface area contributed by atoms with Crippen LogP contribution >= 0.6 is 23.1 Å². The normalized spacial score (nSPS) is 10.3. The quantitative estimate of drug-likeness (QED) is 0.406. The highest BCUT2D eigenvalue weighted by Crippen LogP contribution is 2.25. The number of thioether (sulfide) groups is 1. The van der Waals surface area contributed by atoms with Gasteiger partial charge in [-0.05, 0) is 31.0 Å². The third-order valence-electron chi connectivity index (χ3n) is 2.95. The molecule has 2 rings (SSSR count). The van der Waals surface area contributed by atoms with E-state index < -0.39 is 0 Å². The third kappa shape index (κ3) is 6.71. The fraction of sp³-hybridized carbons (Fsp3) is 0.375. The highest BCUT2D eigenvalue weighted by atomic mass is 32.2. The molecule has 134 valence electrons. The zero-order valence-electron chi connectivity index (χ0n) is 14.0. The minimum Gasteiger partial charge on any atom is -0.484 e. The molecule has 1 heterocycles. The fourth-order valence-corrected chi connectivity index (χ4v) is 3.37. The number of nitrogens with one attached hydrogen (secondary N) is 1. The molecule has 2 aromatic rings. The molecule has 0 aliphatic carbocycles. The number of carbonyl (C=O) groups is 2. The number of amides is 1. The lowest BCUT2D eigenvalue weighted by Gasteiger charge is -2.06. The van der Waals surface area contributed by atoms with Crippen LogP contribution in [0.1, 0.15) is 19.4 Å². The Kier molecular flexibility index (Phi) is 7.68. The lowest BCUT2D eigenvalue weighted by Crippen LogP contribution is -2.20. The summed E-state index contributed by atoms with van der Waals surface area (Å²) in [5.74, 6) is 0.182. The summed E-state index contributed by atoms with van der Waals surface area (Å²) in [5, 5.41) is 10.8. The third-order valence-corrected chi connectivity index (χ3v) is 4.89. The predicted octanol–water partition coefficient (Wildman–Crippen LogP) is 2.77. The van der Waals surface area contributed by atoms with Crippen LogP contribution < -0.4 is 10.1 Å². The van der Waals surface area contributed by atoms with E-state index in [1.807, 2.05) is 24.3 Å². The Morgan fingerprint density at radius 2 is 2.12 bits per heavy atom. The number of ether oxygens (including phenoxy) is 2. The van der Waals surface area contributed by atoms with Crippen LogP contribution in [-0.4, -0.2) is 41.0 Å². The highest BCUT2D eigenvalue weighted by molar-refractivity contribution is 8.01. The van der Waals surface area contributed by atoms with Crippen molar-refractivity contribution in [3.63, 3.8) is 0 Å². The monoisotopic (exact) mass is 381 g/mol. The summed E-state index contributed by atoms with van der Waals surface area (Å²) in [4.78, 5) is 23.2. The molecule has 0 saturated carbocycles. The van der Waals surface area contributed by atoms with Gasteiger partial charge in [0.15, 0.2) is 10.9 Å². The number of esters is 1. The Morgan fingerprint density at radius 1 is 1.28 bits per heavy atom.